The Bertz CT molecular complexity index is 456. The Hall–Kier alpha value is -1.23. The van der Waals surface area contributed by atoms with Crippen molar-refractivity contribution in [3.05, 3.63) is 29.3 Å². The van der Waals surface area contributed by atoms with Gasteiger partial charge in [-0.2, -0.15) is 13.2 Å². The largest absolute Gasteiger partial charge is 0.416 e. The summed E-state index contributed by atoms with van der Waals surface area (Å²) in [6, 6.07) is 4.46. The van der Waals surface area contributed by atoms with E-state index in [1.807, 2.05) is 0 Å². The van der Waals surface area contributed by atoms with Gasteiger partial charge in [-0.15, -0.1) is 0 Å². The highest BCUT2D eigenvalue weighted by atomic mass is 19.4. The topological polar surface area (TPSA) is 23.5 Å². The number of β-amino-alcohol motifs (C(OH)–C–C–N with tert-alkyl or cyclic N) is 1. The van der Waals surface area contributed by atoms with Crippen LogP contribution >= 0.6 is 0 Å². The van der Waals surface area contributed by atoms with Gasteiger partial charge in [-0.05, 0) is 30.0 Å². The van der Waals surface area contributed by atoms with E-state index in [1.54, 1.807) is 30.9 Å². The third kappa shape index (κ3) is 3.03. The van der Waals surface area contributed by atoms with Gasteiger partial charge in [0.05, 0.1) is 11.7 Å². The summed E-state index contributed by atoms with van der Waals surface area (Å²) in [4.78, 5) is 1.80. The molecule has 1 N–H and O–H groups in total. The van der Waals surface area contributed by atoms with Crippen molar-refractivity contribution >= 4 is 5.69 Å². The van der Waals surface area contributed by atoms with Gasteiger partial charge >= 0.3 is 6.18 Å². The predicted molar refractivity (Wildman–Crippen MR) is 68.4 cm³/mol. The van der Waals surface area contributed by atoms with Gasteiger partial charge in [0.25, 0.3) is 0 Å². The van der Waals surface area contributed by atoms with Gasteiger partial charge in [-0.1, -0.05) is 19.9 Å². The van der Waals surface area contributed by atoms with E-state index >= 15 is 0 Å². The molecule has 0 radical (unpaired) electrons. The number of anilines is 1. The lowest BCUT2D eigenvalue weighted by atomic mass is 9.96. The number of hydrogen-bond donors (Lipinski definition) is 1. The van der Waals surface area contributed by atoms with Gasteiger partial charge in [0.2, 0.25) is 0 Å². The van der Waals surface area contributed by atoms with E-state index in [9.17, 15) is 18.3 Å². The Morgan fingerprint density at radius 1 is 1.32 bits per heavy atom. The molecule has 1 atom stereocenters. The number of aliphatic hydroxyl groups is 1. The highest BCUT2D eigenvalue weighted by Crippen LogP contribution is 2.38. The maximum absolute atomic E-state index is 13.1. The average Bonchev–Trinajstić information content (AvgIpc) is 2.74. The molecule has 19 heavy (non-hydrogen) atoms. The lowest BCUT2D eigenvalue weighted by Crippen LogP contribution is -2.22. The molecule has 2 rings (SSSR count). The van der Waals surface area contributed by atoms with Gasteiger partial charge in [-0.3, -0.25) is 0 Å². The van der Waals surface area contributed by atoms with Crippen LogP contribution in [0, 0.1) is 0 Å². The van der Waals surface area contributed by atoms with Crippen LogP contribution in [0.1, 0.15) is 37.3 Å². The van der Waals surface area contributed by atoms with E-state index in [2.05, 4.69) is 0 Å². The number of alkyl halides is 3. The molecule has 1 unspecified atom stereocenters. The summed E-state index contributed by atoms with van der Waals surface area (Å²) < 4.78 is 39.3. The molecule has 0 bridgehead atoms. The number of nitrogens with zero attached hydrogens (tertiary/aromatic N) is 1. The first-order valence-corrected chi connectivity index (χ1v) is 6.43. The molecule has 2 nitrogen and oxygen atoms in total. The Balaban J connectivity index is 2.38. The first-order valence-electron chi connectivity index (χ1n) is 6.43. The van der Waals surface area contributed by atoms with Crippen molar-refractivity contribution in [1.29, 1.82) is 0 Å². The van der Waals surface area contributed by atoms with Crippen molar-refractivity contribution in [2.75, 3.05) is 18.0 Å². The molecule has 5 heteroatoms. The lowest BCUT2D eigenvalue weighted by molar-refractivity contribution is -0.138. The average molecular weight is 273 g/mol. The molecule has 106 valence electrons. The summed E-state index contributed by atoms with van der Waals surface area (Å²) in [5.41, 5.74) is 0.283. The molecule has 1 fully saturated rings. The Labute approximate surface area is 110 Å². The molecule has 0 aromatic heterocycles. The van der Waals surface area contributed by atoms with Gasteiger partial charge in [-0.25, -0.2) is 0 Å². The van der Waals surface area contributed by atoms with Crippen LogP contribution in [-0.2, 0) is 6.18 Å². The second-order valence-corrected chi connectivity index (χ2v) is 5.31. The maximum atomic E-state index is 13.1. The van der Waals surface area contributed by atoms with Crippen molar-refractivity contribution < 1.29 is 18.3 Å². The minimum Gasteiger partial charge on any atom is -0.391 e. The van der Waals surface area contributed by atoms with Crippen molar-refractivity contribution in [2.45, 2.75) is 38.5 Å². The van der Waals surface area contributed by atoms with E-state index in [1.165, 1.54) is 6.07 Å². The summed E-state index contributed by atoms with van der Waals surface area (Å²) in [5, 5.41) is 9.47. The van der Waals surface area contributed by atoms with Gasteiger partial charge in [0.15, 0.2) is 0 Å². The fourth-order valence-corrected chi connectivity index (χ4v) is 2.47. The molecule has 1 aromatic rings. The van der Waals surface area contributed by atoms with Crippen molar-refractivity contribution in [1.82, 2.24) is 0 Å². The zero-order chi connectivity index (χ0) is 14.2. The number of benzene rings is 1. The second-order valence-electron chi connectivity index (χ2n) is 5.31. The highest BCUT2D eigenvalue weighted by Gasteiger charge is 2.35. The molecule has 0 saturated carbocycles. The lowest BCUT2D eigenvalue weighted by Gasteiger charge is -2.22. The molecule has 1 aliphatic rings. The van der Waals surface area contributed by atoms with E-state index in [0.717, 1.165) is 0 Å². The number of aliphatic hydroxyl groups excluding tert-OH is 1. The third-order valence-electron chi connectivity index (χ3n) is 3.49. The minimum absolute atomic E-state index is 0.171. The smallest absolute Gasteiger partial charge is 0.391 e. The summed E-state index contributed by atoms with van der Waals surface area (Å²) in [6.45, 7) is 4.51. The quantitative estimate of drug-likeness (QED) is 0.892. The first kappa shape index (κ1) is 14.2. The molecular formula is C14H18F3NO. The summed E-state index contributed by atoms with van der Waals surface area (Å²) in [6.07, 6.45) is -4.18. The van der Waals surface area contributed by atoms with E-state index in [4.69, 9.17) is 0 Å². The van der Waals surface area contributed by atoms with Crippen LogP contribution in [-0.4, -0.2) is 24.3 Å². The molecule has 1 aliphatic heterocycles. The first-order chi connectivity index (χ1) is 8.79. The SMILES string of the molecule is CC(C)c1ccc(N2CCC(O)C2)cc1C(F)(F)F. The third-order valence-corrected chi connectivity index (χ3v) is 3.49. The van der Waals surface area contributed by atoms with E-state index in [-0.39, 0.29) is 5.92 Å². The minimum atomic E-state index is -4.34. The molecule has 0 spiro atoms. The van der Waals surface area contributed by atoms with Crippen LogP contribution in [0.5, 0.6) is 0 Å². The van der Waals surface area contributed by atoms with E-state index in [0.29, 0.717) is 30.8 Å². The summed E-state index contributed by atoms with van der Waals surface area (Å²) in [7, 11) is 0. The molecule has 1 saturated heterocycles. The molecule has 0 amide bonds. The fraction of sp³-hybridized carbons (Fsp3) is 0.571. The van der Waals surface area contributed by atoms with Crippen molar-refractivity contribution in [2.24, 2.45) is 0 Å². The highest BCUT2D eigenvalue weighted by molar-refractivity contribution is 5.53. The Morgan fingerprint density at radius 2 is 2.00 bits per heavy atom. The molecular weight excluding hydrogens is 255 g/mol. The van der Waals surface area contributed by atoms with Crippen LogP contribution in [0.15, 0.2) is 18.2 Å². The molecule has 0 aliphatic carbocycles. The monoisotopic (exact) mass is 273 g/mol. The Morgan fingerprint density at radius 3 is 2.47 bits per heavy atom. The van der Waals surface area contributed by atoms with Crippen molar-refractivity contribution in [3.63, 3.8) is 0 Å². The van der Waals surface area contributed by atoms with Crippen LogP contribution in [0.3, 0.4) is 0 Å². The van der Waals surface area contributed by atoms with Crippen molar-refractivity contribution in [3.8, 4) is 0 Å². The molecule has 1 aromatic carbocycles. The fourth-order valence-electron chi connectivity index (χ4n) is 2.47. The van der Waals surface area contributed by atoms with Gasteiger partial charge in [0, 0.05) is 18.8 Å². The number of halogens is 3. The standard InChI is InChI=1S/C14H18F3NO/c1-9(2)12-4-3-10(7-13(12)14(15,16)17)18-6-5-11(19)8-18/h3-4,7,9,11,19H,5-6,8H2,1-2H3. The number of rotatable bonds is 2. The van der Waals surface area contributed by atoms with Crippen LogP contribution in [0.4, 0.5) is 18.9 Å². The normalized spacial score (nSPS) is 20.4. The second kappa shape index (κ2) is 5.04. The Kier molecular flexibility index (Phi) is 3.76. The van der Waals surface area contributed by atoms with Gasteiger partial charge < -0.3 is 10.0 Å². The summed E-state index contributed by atoms with van der Waals surface area (Å²) in [5.74, 6) is -0.171. The van der Waals surface area contributed by atoms with Crippen LogP contribution in [0.25, 0.3) is 0 Å². The predicted octanol–water partition coefficient (Wildman–Crippen LogP) is 3.40. The summed E-state index contributed by atoms with van der Waals surface area (Å²) >= 11 is 0. The maximum Gasteiger partial charge on any atom is 0.416 e. The van der Waals surface area contributed by atoms with Crippen LogP contribution < -0.4 is 4.90 Å². The number of hydrogen-bond acceptors (Lipinski definition) is 2. The zero-order valence-corrected chi connectivity index (χ0v) is 11.0. The zero-order valence-electron chi connectivity index (χ0n) is 11.0. The van der Waals surface area contributed by atoms with E-state index < -0.39 is 17.8 Å². The molecule has 1 heterocycles. The van der Waals surface area contributed by atoms with Crippen LogP contribution in [0.2, 0.25) is 0 Å². The van der Waals surface area contributed by atoms with Gasteiger partial charge in [0.1, 0.15) is 0 Å².